The molecule has 3 aliphatic rings. The van der Waals surface area contributed by atoms with Gasteiger partial charge in [0.2, 0.25) is 11.8 Å². The average Bonchev–Trinajstić information content (AvgIpc) is 3.56. The number of carbonyl (C=O) groups excluding carboxylic acids is 2. The van der Waals surface area contributed by atoms with Crippen molar-refractivity contribution in [2.75, 3.05) is 13.2 Å². The summed E-state index contributed by atoms with van der Waals surface area (Å²) in [6, 6.07) is 24.2. The van der Waals surface area contributed by atoms with E-state index in [0.29, 0.717) is 24.8 Å². The Bertz CT molecular complexity index is 1680. The number of benzene rings is 3. The molecule has 1 aliphatic carbocycles. The van der Waals surface area contributed by atoms with Crippen molar-refractivity contribution in [1.82, 2.24) is 4.90 Å². The van der Waals surface area contributed by atoms with Gasteiger partial charge < -0.3 is 24.5 Å². The fourth-order valence-corrected chi connectivity index (χ4v) is 13.2. The van der Waals surface area contributed by atoms with Gasteiger partial charge in [0, 0.05) is 31.4 Å². The van der Waals surface area contributed by atoms with Crippen molar-refractivity contribution in [1.29, 1.82) is 0 Å². The molecular weight excluding hydrogens is 658 g/mol. The molecule has 2 aliphatic heterocycles. The number of unbranched alkanes of at least 4 members (excludes halogenated alkanes) is 2. The lowest BCUT2D eigenvalue weighted by Gasteiger charge is -2.48. The molecule has 3 aromatic rings. The zero-order valence-electron chi connectivity index (χ0n) is 28.8. The molecule has 0 spiro atoms. The van der Waals surface area contributed by atoms with Crippen LogP contribution in [0.1, 0.15) is 71.0 Å². The molecule has 2 amide bonds. The number of imide groups is 1. The smallest absolute Gasteiger partial charge is 0.303 e. The molecule has 1 saturated carbocycles. The van der Waals surface area contributed by atoms with Gasteiger partial charge in [0.15, 0.2) is 17.4 Å². The van der Waals surface area contributed by atoms with Crippen molar-refractivity contribution in [3.05, 3.63) is 90.2 Å². The van der Waals surface area contributed by atoms with E-state index >= 15 is 0 Å². The Morgan fingerprint density at radius 2 is 1.60 bits per heavy atom. The molecule has 266 valence electrons. The lowest BCUT2D eigenvalue weighted by Crippen LogP contribution is -2.67. The summed E-state index contributed by atoms with van der Waals surface area (Å²) in [5, 5.41) is 33.2. The third-order valence-electron chi connectivity index (χ3n) is 11.0. The van der Waals surface area contributed by atoms with Crippen LogP contribution in [0, 0.1) is 29.5 Å². The number of carboxylic acids is 1. The van der Waals surface area contributed by atoms with Crippen LogP contribution in [0.2, 0.25) is 5.04 Å². The quantitative estimate of drug-likeness (QED) is 0.134. The summed E-state index contributed by atoms with van der Waals surface area (Å²) in [4.78, 5) is 40.2. The molecule has 2 heterocycles. The van der Waals surface area contributed by atoms with Crippen LogP contribution >= 0.6 is 0 Å². The number of phenolic OH excluding ortho intramolecular Hbond substituents is 1. The van der Waals surface area contributed by atoms with E-state index in [0.717, 1.165) is 10.4 Å². The van der Waals surface area contributed by atoms with E-state index in [-0.39, 0.29) is 49.3 Å². The van der Waals surface area contributed by atoms with Crippen LogP contribution in [0.5, 0.6) is 5.75 Å². The van der Waals surface area contributed by atoms with Gasteiger partial charge >= 0.3 is 5.97 Å². The Kier molecular flexibility index (Phi) is 10.1. The van der Waals surface area contributed by atoms with Gasteiger partial charge in [-0.05, 0) is 58.8 Å². The average molecular weight is 704 g/mol. The maximum atomic E-state index is 14.5. The highest BCUT2D eigenvalue weighted by Gasteiger charge is 2.67. The maximum absolute atomic E-state index is 14.5. The van der Waals surface area contributed by atoms with Crippen LogP contribution in [-0.2, 0) is 23.5 Å². The van der Waals surface area contributed by atoms with E-state index in [1.807, 2.05) is 36.4 Å². The maximum Gasteiger partial charge on any atom is 0.303 e. The molecule has 9 nitrogen and oxygen atoms in total. The minimum atomic E-state index is -3.06. The molecule has 11 heteroatoms. The molecule has 50 heavy (non-hydrogen) atoms. The van der Waals surface area contributed by atoms with Crippen LogP contribution < -0.4 is 10.4 Å². The van der Waals surface area contributed by atoms with Crippen molar-refractivity contribution in [2.45, 2.75) is 76.2 Å². The van der Waals surface area contributed by atoms with Crippen molar-refractivity contribution in [3.63, 3.8) is 0 Å². The Morgan fingerprint density at radius 3 is 2.18 bits per heavy atom. The number of rotatable bonds is 12. The van der Waals surface area contributed by atoms with Crippen LogP contribution in [-0.4, -0.2) is 65.3 Å². The highest BCUT2D eigenvalue weighted by atomic mass is 28.4. The number of aliphatic hydroxyl groups is 1. The Labute approximate surface area is 293 Å². The summed E-state index contributed by atoms with van der Waals surface area (Å²) < 4.78 is 28.3. The van der Waals surface area contributed by atoms with Crippen molar-refractivity contribution in [2.24, 2.45) is 23.7 Å². The molecular formula is C39H46FNO8Si. The van der Waals surface area contributed by atoms with Crippen molar-refractivity contribution in [3.8, 4) is 5.75 Å². The number of carboxylic acid groups (broad SMARTS) is 1. The number of likely N-dealkylation sites (tertiary alicyclic amines) is 1. The molecule has 3 N–H and O–H groups in total. The third-order valence-corrected chi connectivity index (χ3v) is 16.0. The number of fused-ring (bicyclic) bond motifs is 3. The lowest BCUT2D eigenvalue weighted by atomic mass is 9.64. The zero-order valence-corrected chi connectivity index (χ0v) is 29.8. The van der Waals surface area contributed by atoms with E-state index in [1.54, 1.807) is 6.07 Å². The first-order valence-corrected chi connectivity index (χ1v) is 19.4. The predicted octanol–water partition coefficient (Wildman–Crippen LogP) is 5.14. The largest absolute Gasteiger partial charge is 0.505 e. The van der Waals surface area contributed by atoms with E-state index < -0.39 is 61.4 Å². The van der Waals surface area contributed by atoms with Gasteiger partial charge in [-0.1, -0.05) is 93.9 Å². The first kappa shape index (κ1) is 35.9. The molecule has 3 aromatic carbocycles. The minimum Gasteiger partial charge on any atom is -0.505 e. The molecule has 0 bridgehead atoms. The summed E-state index contributed by atoms with van der Waals surface area (Å²) in [6.07, 6.45) is 1.04. The first-order valence-electron chi connectivity index (χ1n) is 17.5. The SMILES string of the molecule is CC(C)(C)[Si](OC[C@H]1C[C@@H]2C(=O)N(CCCCCC(=O)O)C(=O)[C@@H]2[C@@H]2C[C@@H](c3ccc(O)c(F)c3)O[C@]12O)(c1ccccc1)c1ccccc1. The number of carbonyl (C=O) groups is 3. The highest BCUT2D eigenvalue weighted by Crippen LogP contribution is 2.58. The Balaban J connectivity index is 1.35. The number of hydrogen-bond acceptors (Lipinski definition) is 7. The van der Waals surface area contributed by atoms with Crippen molar-refractivity contribution >= 4 is 36.5 Å². The molecule has 0 aromatic heterocycles. The van der Waals surface area contributed by atoms with Gasteiger partial charge in [0.05, 0.1) is 17.9 Å². The van der Waals surface area contributed by atoms with Gasteiger partial charge in [-0.15, -0.1) is 0 Å². The normalized spacial score (nSPS) is 26.6. The van der Waals surface area contributed by atoms with E-state index in [1.165, 1.54) is 17.0 Å². The zero-order chi connectivity index (χ0) is 35.8. The molecule has 3 fully saturated rings. The van der Waals surface area contributed by atoms with Crippen LogP contribution in [0.25, 0.3) is 0 Å². The number of halogens is 1. The first-order chi connectivity index (χ1) is 23.8. The number of hydrogen-bond donors (Lipinski definition) is 3. The number of ether oxygens (including phenoxy) is 1. The number of phenols is 1. The Hall–Kier alpha value is -3.90. The van der Waals surface area contributed by atoms with Crippen LogP contribution in [0.15, 0.2) is 78.9 Å². The van der Waals surface area contributed by atoms with Gasteiger partial charge in [-0.25, -0.2) is 4.39 Å². The molecule has 0 unspecified atom stereocenters. The van der Waals surface area contributed by atoms with Crippen LogP contribution in [0.4, 0.5) is 4.39 Å². The predicted molar refractivity (Wildman–Crippen MR) is 186 cm³/mol. The fraction of sp³-hybridized carbons (Fsp3) is 0.462. The topological polar surface area (TPSA) is 134 Å². The fourth-order valence-electron chi connectivity index (χ4n) is 8.60. The van der Waals surface area contributed by atoms with Gasteiger partial charge in [0.1, 0.15) is 0 Å². The summed E-state index contributed by atoms with van der Waals surface area (Å²) in [7, 11) is -3.06. The third kappa shape index (κ3) is 6.40. The molecule has 6 rings (SSSR count). The van der Waals surface area contributed by atoms with Crippen molar-refractivity contribution < 1.29 is 43.3 Å². The van der Waals surface area contributed by atoms with E-state index in [2.05, 4.69) is 45.0 Å². The summed E-state index contributed by atoms with van der Waals surface area (Å²) >= 11 is 0. The van der Waals surface area contributed by atoms with Gasteiger partial charge in [0.25, 0.3) is 8.32 Å². The van der Waals surface area contributed by atoms with Gasteiger partial charge in [-0.2, -0.15) is 0 Å². The molecule has 0 radical (unpaired) electrons. The second-order valence-corrected chi connectivity index (χ2v) is 19.3. The number of aliphatic carboxylic acids is 1. The van der Waals surface area contributed by atoms with E-state index in [9.17, 15) is 29.0 Å². The second kappa shape index (κ2) is 14.0. The van der Waals surface area contributed by atoms with Gasteiger partial charge in [-0.3, -0.25) is 19.3 Å². The summed E-state index contributed by atoms with van der Waals surface area (Å²) in [5.74, 6) is -7.74. The number of nitrogens with zero attached hydrogens (tertiary/aromatic N) is 1. The second-order valence-electron chi connectivity index (χ2n) is 15.0. The Morgan fingerprint density at radius 1 is 0.960 bits per heavy atom. The standard InChI is InChI=1S/C39H46FNO8Si/c1-38(2,3)50(27-13-7-4-8-14-27,28-15-9-5-10-16-28)48-24-26-22-29-35(37(46)41(36(29)45)20-12-6-11-17-34(43)44)30-23-33(49-39(26,30)47)25-18-19-32(42)31(40)21-25/h4-5,7-10,13-16,18-19,21,26,29-30,33,35,42,47H,6,11-12,17,20,22-24H2,1-3H3,(H,43,44)/t26-,29+,30+,33+,35+,39-/m1/s1. The number of aromatic hydroxyl groups is 1. The molecule has 6 atom stereocenters. The monoisotopic (exact) mass is 703 g/mol. The summed E-state index contributed by atoms with van der Waals surface area (Å²) in [6.45, 7) is 6.69. The summed E-state index contributed by atoms with van der Waals surface area (Å²) in [5.41, 5.74) is 0.415. The molecule has 2 saturated heterocycles. The highest BCUT2D eigenvalue weighted by molar-refractivity contribution is 6.99. The lowest BCUT2D eigenvalue weighted by molar-refractivity contribution is -0.273. The minimum absolute atomic E-state index is 0.0197. The number of amides is 2. The van der Waals surface area contributed by atoms with Crippen LogP contribution in [0.3, 0.4) is 0 Å². The van der Waals surface area contributed by atoms with E-state index in [4.69, 9.17) is 14.3 Å².